The van der Waals surface area contributed by atoms with E-state index < -0.39 is 22.2 Å². The molecule has 32 heavy (non-hydrogen) atoms. The van der Waals surface area contributed by atoms with Gasteiger partial charge >= 0.3 is 0 Å². The summed E-state index contributed by atoms with van der Waals surface area (Å²) in [5, 5.41) is 5.33. The number of ether oxygens (including phenoxy) is 1. The average molecular weight is 475 g/mol. The highest BCUT2D eigenvalue weighted by molar-refractivity contribution is 7.87. The molecule has 2 aromatic heterocycles. The van der Waals surface area contributed by atoms with Crippen LogP contribution in [0.4, 0.5) is 15.3 Å². The molecule has 2 heterocycles. The van der Waals surface area contributed by atoms with Crippen LogP contribution in [0, 0.1) is 5.82 Å². The molecule has 0 bridgehead atoms. The van der Waals surface area contributed by atoms with Crippen LogP contribution < -0.4 is 14.8 Å². The lowest BCUT2D eigenvalue weighted by molar-refractivity contribution is -0.120. The predicted octanol–water partition coefficient (Wildman–Crippen LogP) is 4.51. The second kappa shape index (κ2) is 8.95. The van der Waals surface area contributed by atoms with E-state index in [0.717, 1.165) is 12.8 Å². The van der Waals surface area contributed by atoms with Crippen LogP contribution in [-0.2, 0) is 21.2 Å². The third kappa shape index (κ3) is 4.97. The van der Waals surface area contributed by atoms with Crippen LogP contribution in [0.15, 0.2) is 41.9 Å². The first kappa shape index (κ1) is 22.3. The highest BCUT2D eigenvalue weighted by atomic mass is 32.2. The largest absolute Gasteiger partial charge is 0.497 e. The number of carbonyl (C=O) groups excluding carboxylic acids is 1. The lowest BCUT2D eigenvalue weighted by Gasteiger charge is -2.21. The number of hydrogen-bond donors (Lipinski definition) is 2. The van der Waals surface area contributed by atoms with Gasteiger partial charge in [0.2, 0.25) is 5.91 Å². The van der Waals surface area contributed by atoms with Crippen molar-refractivity contribution in [3.05, 3.63) is 53.4 Å². The number of thiazole rings is 1. The fourth-order valence-electron chi connectivity index (χ4n) is 2.93. The number of pyridine rings is 1. The van der Waals surface area contributed by atoms with Crippen molar-refractivity contribution in [1.82, 2.24) is 9.97 Å². The maximum Gasteiger partial charge on any atom is 0.237 e. The van der Waals surface area contributed by atoms with Crippen LogP contribution in [-0.4, -0.2) is 32.4 Å². The molecule has 4 rings (SSSR count). The monoisotopic (exact) mass is 474 g/mol. The van der Waals surface area contributed by atoms with Gasteiger partial charge in [-0.2, -0.15) is 0 Å². The Kier molecular flexibility index (Phi) is 6.25. The van der Waals surface area contributed by atoms with Gasteiger partial charge in [-0.25, -0.2) is 18.6 Å². The molecule has 1 aliphatic rings. The normalized spacial score (nSPS) is 14.6. The molecule has 1 unspecified atom stereocenters. The molecule has 1 aliphatic carbocycles. The fourth-order valence-corrected chi connectivity index (χ4v) is 5.04. The molecule has 0 spiro atoms. The summed E-state index contributed by atoms with van der Waals surface area (Å²) in [7, 11) is 0.344. The van der Waals surface area contributed by atoms with Gasteiger partial charge in [0.15, 0.2) is 5.13 Å². The maximum atomic E-state index is 13.8. The number of amides is 1. The Morgan fingerprint density at radius 2 is 2.03 bits per heavy atom. The quantitative estimate of drug-likeness (QED) is 0.501. The number of methoxy groups -OCH3 is 1. The molecule has 0 aliphatic heterocycles. The Labute approximate surface area is 192 Å². The van der Waals surface area contributed by atoms with Crippen LogP contribution >= 0.6 is 11.3 Å². The first-order chi connectivity index (χ1) is 15.3. The zero-order valence-corrected chi connectivity index (χ0v) is 19.5. The Morgan fingerprint density at radius 3 is 2.69 bits per heavy atom. The van der Waals surface area contributed by atoms with E-state index in [1.54, 1.807) is 43.6 Å². The Hall–Kier alpha value is -2.85. The van der Waals surface area contributed by atoms with Gasteiger partial charge in [0.05, 0.1) is 23.5 Å². The smallest absolute Gasteiger partial charge is 0.237 e. The van der Waals surface area contributed by atoms with Gasteiger partial charge in [0.1, 0.15) is 28.4 Å². The SMILES string of the molecule is COc1cc(F)cc(-c2ccc(NC(=O)C(C)(C)c3csc(NS(=O)C4CC4)n3)nc2)c1. The van der Waals surface area contributed by atoms with E-state index >= 15 is 0 Å². The van der Waals surface area contributed by atoms with Gasteiger partial charge in [-0.15, -0.1) is 11.3 Å². The summed E-state index contributed by atoms with van der Waals surface area (Å²) in [6.07, 6.45) is 3.49. The zero-order chi connectivity index (χ0) is 22.9. The highest BCUT2D eigenvalue weighted by Gasteiger charge is 2.34. The third-order valence-electron chi connectivity index (χ3n) is 5.17. The van der Waals surface area contributed by atoms with Gasteiger partial charge in [-0.1, -0.05) is 0 Å². The maximum absolute atomic E-state index is 13.8. The summed E-state index contributed by atoms with van der Waals surface area (Å²) >= 11 is 1.33. The van der Waals surface area contributed by atoms with Gasteiger partial charge < -0.3 is 10.1 Å². The minimum Gasteiger partial charge on any atom is -0.497 e. The van der Waals surface area contributed by atoms with Gasteiger partial charge in [0, 0.05) is 23.2 Å². The van der Waals surface area contributed by atoms with E-state index in [1.807, 2.05) is 0 Å². The van der Waals surface area contributed by atoms with E-state index in [1.165, 1.54) is 30.6 Å². The summed E-state index contributed by atoms with van der Waals surface area (Å²) < 4.78 is 33.8. The van der Waals surface area contributed by atoms with E-state index in [9.17, 15) is 13.4 Å². The Balaban J connectivity index is 1.44. The summed E-state index contributed by atoms with van der Waals surface area (Å²) in [5.74, 6) is 0.109. The van der Waals surface area contributed by atoms with Crippen molar-refractivity contribution in [3.8, 4) is 16.9 Å². The van der Waals surface area contributed by atoms with Crippen LogP contribution in [0.3, 0.4) is 0 Å². The molecule has 1 amide bonds. The molecule has 7 nitrogen and oxygen atoms in total. The van der Waals surface area contributed by atoms with Gasteiger partial charge in [-0.3, -0.25) is 9.52 Å². The molecule has 1 atom stereocenters. The van der Waals surface area contributed by atoms with Gasteiger partial charge in [-0.05, 0) is 56.5 Å². The number of halogens is 1. The fraction of sp³-hybridized carbons (Fsp3) is 0.318. The number of anilines is 2. The first-order valence-corrected chi connectivity index (χ1v) is 12.1. The van der Waals surface area contributed by atoms with Gasteiger partial charge in [0.25, 0.3) is 0 Å². The number of benzene rings is 1. The summed E-state index contributed by atoms with van der Waals surface area (Å²) in [6, 6.07) is 7.82. The number of nitrogens with zero attached hydrogens (tertiary/aromatic N) is 2. The topological polar surface area (TPSA) is 93.2 Å². The molecule has 3 aromatic rings. The molecule has 1 saturated carbocycles. The van der Waals surface area contributed by atoms with Crippen LogP contribution in [0.2, 0.25) is 0 Å². The molecule has 0 radical (unpaired) electrons. The molecular formula is C22H23FN4O3S2. The van der Waals surface area contributed by atoms with E-state index in [4.69, 9.17) is 4.74 Å². The summed E-state index contributed by atoms with van der Waals surface area (Å²) in [6.45, 7) is 3.54. The number of nitrogens with one attached hydrogen (secondary N) is 2. The molecule has 0 saturated heterocycles. The lowest BCUT2D eigenvalue weighted by atomic mass is 9.89. The van der Waals surface area contributed by atoms with Crippen LogP contribution in [0.1, 0.15) is 32.4 Å². The van der Waals surface area contributed by atoms with Crippen LogP contribution in [0.5, 0.6) is 5.75 Å². The third-order valence-corrected chi connectivity index (χ3v) is 7.53. The summed E-state index contributed by atoms with van der Waals surface area (Å²) in [5.41, 5.74) is 0.977. The lowest BCUT2D eigenvalue weighted by Crippen LogP contribution is -2.35. The predicted molar refractivity (Wildman–Crippen MR) is 125 cm³/mol. The minimum atomic E-state index is -1.13. The zero-order valence-electron chi connectivity index (χ0n) is 17.8. The molecule has 1 fully saturated rings. The molecule has 2 N–H and O–H groups in total. The van der Waals surface area contributed by atoms with Crippen molar-refractivity contribution in [3.63, 3.8) is 0 Å². The summed E-state index contributed by atoms with van der Waals surface area (Å²) in [4.78, 5) is 21.7. The van der Waals surface area contributed by atoms with E-state index in [0.29, 0.717) is 33.5 Å². The van der Waals surface area contributed by atoms with E-state index in [2.05, 4.69) is 20.0 Å². The van der Waals surface area contributed by atoms with Crippen molar-refractivity contribution < 1.29 is 18.1 Å². The molecule has 168 valence electrons. The van der Waals surface area contributed by atoms with E-state index in [-0.39, 0.29) is 11.2 Å². The second-order valence-corrected chi connectivity index (χ2v) is 10.4. The van der Waals surface area contributed by atoms with Crippen LogP contribution in [0.25, 0.3) is 11.1 Å². The minimum absolute atomic E-state index is 0.196. The van der Waals surface area contributed by atoms with Crippen molar-refractivity contribution in [2.75, 3.05) is 17.1 Å². The standard InChI is InChI=1S/C22H23FN4O3S2/c1-22(2,18-12-31-21(25-18)27-32(29)17-5-6-17)20(28)26-19-7-4-13(11-24-19)14-8-15(23)10-16(9-14)30-3/h4,7-12,17H,5-6H2,1-3H3,(H,25,27)(H,24,26,28). The highest BCUT2D eigenvalue weighted by Crippen LogP contribution is 2.32. The molecule has 1 aromatic carbocycles. The molecular weight excluding hydrogens is 451 g/mol. The Morgan fingerprint density at radius 1 is 1.25 bits per heavy atom. The van der Waals surface area contributed by atoms with Crippen molar-refractivity contribution in [1.29, 1.82) is 0 Å². The van der Waals surface area contributed by atoms with Crippen molar-refractivity contribution >= 4 is 39.2 Å². The number of rotatable bonds is 8. The Bertz CT molecular complexity index is 1160. The number of aromatic nitrogens is 2. The molecule has 10 heteroatoms. The number of hydrogen-bond acceptors (Lipinski definition) is 6. The van der Waals surface area contributed by atoms with Crippen molar-refractivity contribution in [2.45, 2.75) is 37.4 Å². The second-order valence-electron chi connectivity index (χ2n) is 8.03. The number of carbonyl (C=O) groups is 1. The average Bonchev–Trinajstić information content (AvgIpc) is 3.52. The van der Waals surface area contributed by atoms with Crippen molar-refractivity contribution in [2.24, 2.45) is 0 Å². The first-order valence-electron chi connectivity index (χ1n) is 10.0.